The van der Waals surface area contributed by atoms with E-state index < -0.39 is 23.3 Å². The summed E-state index contributed by atoms with van der Waals surface area (Å²) in [5, 5.41) is 30.1. The van der Waals surface area contributed by atoms with Crippen LogP contribution in [-0.2, 0) is 7.05 Å². The number of ether oxygens (including phenoxy) is 1. The summed E-state index contributed by atoms with van der Waals surface area (Å²) in [4.78, 5) is 31.2. The van der Waals surface area contributed by atoms with E-state index in [0.717, 1.165) is 0 Å². The second kappa shape index (κ2) is 9.89. The number of anilines is 3. The first-order chi connectivity index (χ1) is 17.0. The average Bonchev–Trinajstić information content (AvgIpc) is 3.21. The van der Waals surface area contributed by atoms with Crippen molar-refractivity contribution < 1.29 is 19.4 Å². The van der Waals surface area contributed by atoms with Gasteiger partial charge >= 0.3 is 6.03 Å². The van der Waals surface area contributed by atoms with Crippen molar-refractivity contribution in [3.05, 3.63) is 36.3 Å². The number of nitrogens with one attached hydrogen (secondary N) is 3. The summed E-state index contributed by atoms with van der Waals surface area (Å²) in [5.74, 6) is 0.629. The molecule has 1 aromatic carbocycles. The Bertz CT molecular complexity index is 1290. The van der Waals surface area contributed by atoms with Gasteiger partial charge in [-0.25, -0.2) is 9.78 Å². The standard InChI is InChI=1S/C20H26B3N9O4/c1-31-9-24-17(30-31)11-4-3-5-12(16(11)36-2)25-13-6-14(26-19(35)32-7-10(33)8-32)28-29-15(13)18(34)27-20(21,22)23/h3-6,9-10,33H,7-8,21-23H2,1-2H3,(H,27,34)(H2,25,26,28,35). The van der Waals surface area contributed by atoms with E-state index in [2.05, 4.69) is 36.2 Å². The summed E-state index contributed by atoms with van der Waals surface area (Å²) >= 11 is 0. The number of hydrogen-bond donors (Lipinski definition) is 4. The van der Waals surface area contributed by atoms with Crippen LogP contribution in [0.4, 0.5) is 22.0 Å². The number of carbonyl (C=O) groups is 2. The van der Waals surface area contributed by atoms with Gasteiger partial charge in [0.2, 0.25) is 0 Å². The summed E-state index contributed by atoms with van der Waals surface area (Å²) < 4.78 is 7.25. The molecular formula is C20H26B3N9O4. The zero-order chi connectivity index (χ0) is 26.0. The molecule has 1 fully saturated rings. The SMILES string of the molecule is BC(B)(B)NC(=O)c1nnc(NC(=O)N2CC(O)C2)cc1Nc1cccc(-c2ncn(C)n2)c1OC. The molecule has 0 radical (unpaired) electrons. The van der Waals surface area contributed by atoms with Crippen molar-refractivity contribution in [2.75, 3.05) is 30.8 Å². The Balaban J connectivity index is 1.69. The summed E-state index contributed by atoms with van der Waals surface area (Å²) in [6.07, 6.45) is 1.05. The van der Waals surface area contributed by atoms with Crippen molar-refractivity contribution in [2.45, 2.75) is 11.3 Å². The quantitative estimate of drug-likeness (QED) is 0.263. The lowest BCUT2D eigenvalue weighted by Gasteiger charge is -2.35. The molecule has 0 spiro atoms. The smallest absolute Gasteiger partial charge is 0.323 e. The molecule has 36 heavy (non-hydrogen) atoms. The Labute approximate surface area is 210 Å². The van der Waals surface area contributed by atoms with Gasteiger partial charge < -0.3 is 25.4 Å². The Morgan fingerprint density at radius 3 is 2.56 bits per heavy atom. The van der Waals surface area contributed by atoms with Gasteiger partial charge in [-0.05, 0) is 17.4 Å². The van der Waals surface area contributed by atoms with Gasteiger partial charge in [-0.2, -0.15) is 5.10 Å². The number of benzene rings is 1. The predicted molar refractivity (Wildman–Crippen MR) is 141 cm³/mol. The molecule has 1 aliphatic heterocycles. The molecule has 1 aliphatic rings. The lowest BCUT2D eigenvalue weighted by molar-refractivity contribution is 0.0308. The zero-order valence-corrected chi connectivity index (χ0v) is 20.7. The second-order valence-electron chi connectivity index (χ2n) is 9.44. The Morgan fingerprint density at radius 1 is 1.19 bits per heavy atom. The van der Waals surface area contributed by atoms with E-state index in [1.54, 1.807) is 30.2 Å². The van der Waals surface area contributed by atoms with Crippen LogP contribution in [0.15, 0.2) is 30.6 Å². The highest BCUT2D eigenvalue weighted by atomic mass is 16.5. The van der Waals surface area contributed by atoms with Gasteiger partial charge in [0, 0.05) is 13.1 Å². The largest absolute Gasteiger partial charge is 0.494 e. The molecule has 0 saturated carbocycles. The van der Waals surface area contributed by atoms with Crippen LogP contribution in [0.1, 0.15) is 10.5 Å². The molecule has 0 aliphatic carbocycles. The van der Waals surface area contributed by atoms with Crippen LogP contribution < -0.4 is 20.7 Å². The number of para-hydroxylation sites is 1. The van der Waals surface area contributed by atoms with Gasteiger partial charge in [0.1, 0.15) is 29.9 Å². The number of nitrogens with zero attached hydrogens (tertiary/aromatic N) is 6. The number of carbonyl (C=O) groups excluding carboxylic acids is 2. The van der Waals surface area contributed by atoms with Crippen LogP contribution in [0, 0.1) is 0 Å². The summed E-state index contributed by atoms with van der Waals surface area (Å²) in [6, 6.07) is 6.50. The number of amides is 3. The van der Waals surface area contributed by atoms with E-state index in [4.69, 9.17) is 4.74 Å². The highest BCUT2D eigenvalue weighted by Crippen LogP contribution is 2.37. The first-order valence-corrected chi connectivity index (χ1v) is 11.3. The third kappa shape index (κ3) is 5.59. The summed E-state index contributed by atoms with van der Waals surface area (Å²) in [6.45, 7) is 0.476. The van der Waals surface area contributed by atoms with Crippen LogP contribution in [0.2, 0.25) is 0 Å². The number of aliphatic hydroxyl groups excluding tert-OH is 1. The van der Waals surface area contributed by atoms with Gasteiger partial charge in [0.05, 0.1) is 43.2 Å². The highest BCUT2D eigenvalue weighted by molar-refractivity contribution is 6.60. The van der Waals surface area contributed by atoms with Crippen molar-refractivity contribution in [1.29, 1.82) is 0 Å². The van der Waals surface area contributed by atoms with Crippen molar-refractivity contribution in [2.24, 2.45) is 7.05 Å². The molecule has 0 atom stereocenters. The Hall–Kier alpha value is -4.07. The molecule has 4 rings (SSSR count). The molecule has 4 N–H and O–H groups in total. The van der Waals surface area contributed by atoms with E-state index >= 15 is 0 Å². The minimum Gasteiger partial charge on any atom is -0.494 e. The predicted octanol–water partition coefficient (Wildman–Crippen LogP) is -2.53. The Morgan fingerprint density at radius 2 is 1.94 bits per heavy atom. The van der Waals surface area contributed by atoms with E-state index in [1.807, 2.05) is 29.6 Å². The number of β-amino-alcohol motifs (C(OH)–C–C–N with tert-alkyl or cyclic N) is 1. The maximum atomic E-state index is 13.0. The monoisotopic (exact) mass is 489 g/mol. The molecule has 3 heterocycles. The van der Waals surface area contributed by atoms with Gasteiger partial charge in [-0.3, -0.25) is 14.8 Å². The normalized spacial score (nSPS) is 13.6. The maximum absolute atomic E-state index is 13.0. The van der Waals surface area contributed by atoms with Crippen LogP contribution in [-0.4, -0.2) is 102 Å². The van der Waals surface area contributed by atoms with Crippen LogP contribution >= 0.6 is 0 Å². The fourth-order valence-electron chi connectivity index (χ4n) is 3.56. The fraction of sp³-hybridized carbons (Fsp3) is 0.300. The molecular weight excluding hydrogens is 463 g/mol. The number of rotatable bonds is 7. The number of aromatic nitrogens is 5. The summed E-state index contributed by atoms with van der Waals surface area (Å²) in [7, 11) is 8.86. The second-order valence-corrected chi connectivity index (χ2v) is 9.44. The van der Waals surface area contributed by atoms with Crippen molar-refractivity contribution in [1.82, 2.24) is 35.2 Å². The Kier molecular flexibility index (Phi) is 6.88. The van der Waals surface area contributed by atoms with Crippen LogP contribution in [0.25, 0.3) is 11.4 Å². The number of aliphatic hydroxyl groups is 1. The van der Waals surface area contributed by atoms with E-state index in [0.29, 0.717) is 28.5 Å². The first-order valence-electron chi connectivity index (χ1n) is 11.3. The number of likely N-dealkylation sites (tertiary alicyclic amines) is 1. The molecule has 2 aromatic heterocycles. The van der Waals surface area contributed by atoms with Gasteiger partial charge in [-0.1, -0.05) is 6.07 Å². The van der Waals surface area contributed by atoms with Crippen LogP contribution in [0.3, 0.4) is 0 Å². The number of urea groups is 1. The van der Waals surface area contributed by atoms with Crippen molar-refractivity contribution >= 4 is 52.7 Å². The third-order valence-electron chi connectivity index (χ3n) is 5.21. The number of methoxy groups -OCH3 is 1. The molecule has 13 nitrogen and oxygen atoms in total. The van der Waals surface area contributed by atoms with E-state index in [1.165, 1.54) is 18.1 Å². The third-order valence-corrected chi connectivity index (χ3v) is 5.21. The lowest BCUT2D eigenvalue weighted by atomic mass is 9.49. The number of hydrogen-bond acceptors (Lipinski definition) is 9. The molecule has 16 heteroatoms. The minimum atomic E-state index is -0.532. The molecule has 1 saturated heterocycles. The highest BCUT2D eigenvalue weighted by Gasteiger charge is 2.29. The topological polar surface area (TPSA) is 159 Å². The van der Waals surface area contributed by atoms with Crippen molar-refractivity contribution in [3.63, 3.8) is 0 Å². The minimum absolute atomic E-state index is 0.0331. The van der Waals surface area contributed by atoms with Gasteiger partial charge in [0.15, 0.2) is 23.1 Å². The van der Waals surface area contributed by atoms with Crippen molar-refractivity contribution in [3.8, 4) is 17.1 Å². The molecule has 0 bridgehead atoms. The van der Waals surface area contributed by atoms with E-state index in [-0.39, 0.29) is 24.6 Å². The number of aryl methyl sites for hydroxylation is 1. The molecule has 3 aromatic rings. The molecule has 0 unspecified atom stereocenters. The fourth-order valence-corrected chi connectivity index (χ4v) is 3.56. The van der Waals surface area contributed by atoms with Gasteiger partial charge in [0.25, 0.3) is 5.91 Å². The van der Waals surface area contributed by atoms with Crippen LogP contribution in [0.5, 0.6) is 5.75 Å². The first kappa shape index (κ1) is 25.0. The maximum Gasteiger partial charge on any atom is 0.323 e. The average molecular weight is 489 g/mol. The molecule has 3 amide bonds. The van der Waals surface area contributed by atoms with Gasteiger partial charge in [-0.15, -0.1) is 10.2 Å². The van der Waals surface area contributed by atoms with E-state index in [9.17, 15) is 14.7 Å². The lowest BCUT2D eigenvalue weighted by Crippen LogP contribution is -2.55. The molecule has 184 valence electrons. The summed E-state index contributed by atoms with van der Waals surface area (Å²) in [5.41, 5.74) is 1.51. The zero-order valence-electron chi connectivity index (χ0n) is 20.7.